The van der Waals surface area contributed by atoms with Gasteiger partial charge in [0.15, 0.2) is 0 Å². The first kappa shape index (κ1) is 11.4. The Kier molecular flexibility index (Phi) is 3.97. The van der Waals surface area contributed by atoms with E-state index < -0.39 is 0 Å². The zero-order valence-electron chi connectivity index (χ0n) is 8.91. The van der Waals surface area contributed by atoms with Crippen LogP contribution < -0.4 is 0 Å². The second-order valence-electron chi connectivity index (χ2n) is 3.22. The largest absolute Gasteiger partial charge is 0.462 e. The summed E-state index contributed by atoms with van der Waals surface area (Å²) >= 11 is 0. The highest BCUT2D eigenvalue weighted by atomic mass is 16.5. The molecular weight excluding hydrogens is 192 g/mol. The highest BCUT2D eigenvalue weighted by Crippen LogP contribution is 2.05. The Morgan fingerprint density at radius 1 is 1.47 bits per heavy atom. The van der Waals surface area contributed by atoms with Crippen LogP contribution in [-0.2, 0) is 4.74 Å². The van der Waals surface area contributed by atoms with Crippen LogP contribution in [0.25, 0.3) is 0 Å². The van der Waals surface area contributed by atoms with E-state index in [-0.39, 0.29) is 5.97 Å². The Morgan fingerprint density at radius 3 is 2.73 bits per heavy atom. The van der Waals surface area contributed by atoms with Crippen LogP contribution >= 0.6 is 0 Å². The van der Waals surface area contributed by atoms with Crippen molar-refractivity contribution in [2.45, 2.75) is 20.3 Å². The van der Waals surface area contributed by atoms with Crippen LogP contribution in [-0.4, -0.2) is 23.3 Å². The summed E-state index contributed by atoms with van der Waals surface area (Å²) < 4.78 is 4.96. The fraction of sp³-hybridized carbons (Fsp3) is 0.364. The summed E-state index contributed by atoms with van der Waals surface area (Å²) in [6.45, 7) is 3.99. The smallest absolute Gasteiger partial charge is 0.339 e. The van der Waals surface area contributed by atoms with Crippen LogP contribution in [0.3, 0.4) is 0 Å². The average Bonchev–Trinajstić information content (AvgIpc) is 2.26. The summed E-state index contributed by atoms with van der Waals surface area (Å²) in [5.41, 5.74) is 1.42. The predicted molar refractivity (Wildman–Crippen MR) is 57.3 cm³/mol. The van der Waals surface area contributed by atoms with Crippen molar-refractivity contribution in [3.8, 4) is 0 Å². The minimum atomic E-state index is -0.382. The lowest BCUT2D eigenvalue weighted by molar-refractivity contribution is 0.0504. The Balaban J connectivity index is 2.81. The van der Waals surface area contributed by atoms with Gasteiger partial charge in [0.1, 0.15) is 0 Å². The lowest BCUT2D eigenvalue weighted by Crippen LogP contribution is -2.07. The van der Waals surface area contributed by atoms with Crippen molar-refractivity contribution in [2.75, 3.05) is 6.61 Å². The number of hydrogen-bond acceptors (Lipinski definition) is 4. The van der Waals surface area contributed by atoms with Gasteiger partial charge < -0.3 is 10.1 Å². The molecule has 0 amide bonds. The zero-order chi connectivity index (χ0) is 11.3. The van der Waals surface area contributed by atoms with Crippen LogP contribution in [0.2, 0.25) is 0 Å². The fourth-order valence-electron chi connectivity index (χ4n) is 1.03. The van der Waals surface area contributed by atoms with Crippen molar-refractivity contribution < 1.29 is 9.53 Å². The Hall–Kier alpha value is -1.71. The Labute approximate surface area is 88.8 Å². The number of aromatic nitrogens is 1. The van der Waals surface area contributed by atoms with E-state index in [0.29, 0.717) is 23.4 Å². The second-order valence-corrected chi connectivity index (χ2v) is 3.22. The van der Waals surface area contributed by atoms with Crippen LogP contribution in [0.1, 0.15) is 36.2 Å². The third-order valence-corrected chi connectivity index (χ3v) is 1.84. The second kappa shape index (κ2) is 5.24. The lowest BCUT2D eigenvalue weighted by Gasteiger charge is -2.03. The summed E-state index contributed by atoms with van der Waals surface area (Å²) in [6, 6.07) is 1.62. The summed E-state index contributed by atoms with van der Waals surface area (Å²) in [5, 5.41) is 7.42. The molecule has 1 N–H and O–H groups in total. The van der Waals surface area contributed by atoms with E-state index in [2.05, 4.69) is 4.98 Å². The molecule has 0 saturated heterocycles. The number of esters is 1. The molecule has 1 aromatic heterocycles. The van der Waals surface area contributed by atoms with Crippen molar-refractivity contribution in [1.82, 2.24) is 4.98 Å². The molecule has 0 fully saturated rings. The Morgan fingerprint density at radius 2 is 2.13 bits per heavy atom. The Bertz CT molecular complexity index is 375. The van der Waals surface area contributed by atoms with Crippen LogP contribution in [0, 0.1) is 5.41 Å². The van der Waals surface area contributed by atoms with Gasteiger partial charge in [-0.3, -0.25) is 4.98 Å². The molecule has 0 aromatic carbocycles. The third-order valence-electron chi connectivity index (χ3n) is 1.84. The van der Waals surface area contributed by atoms with Gasteiger partial charge in [-0.15, -0.1) is 0 Å². The maximum absolute atomic E-state index is 11.4. The molecule has 0 unspecified atom stereocenters. The van der Waals surface area contributed by atoms with E-state index in [4.69, 9.17) is 10.1 Å². The number of nitrogens with zero attached hydrogens (tertiary/aromatic N) is 1. The number of hydrogen-bond donors (Lipinski definition) is 1. The maximum Gasteiger partial charge on any atom is 0.339 e. The van der Waals surface area contributed by atoms with Crippen molar-refractivity contribution >= 4 is 11.7 Å². The summed E-state index contributed by atoms with van der Waals surface area (Å²) in [5.74, 6) is -0.382. The van der Waals surface area contributed by atoms with E-state index in [9.17, 15) is 4.79 Å². The number of carbonyl (C=O) groups is 1. The molecule has 0 bridgehead atoms. The monoisotopic (exact) mass is 206 g/mol. The summed E-state index contributed by atoms with van der Waals surface area (Å²) in [4.78, 5) is 15.3. The maximum atomic E-state index is 11.4. The molecule has 15 heavy (non-hydrogen) atoms. The molecule has 1 rings (SSSR count). The molecule has 1 heterocycles. The van der Waals surface area contributed by atoms with Gasteiger partial charge in [0.2, 0.25) is 0 Å². The zero-order valence-corrected chi connectivity index (χ0v) is 8.91. The van der Waals surface area contributed by atoms with E-state index in [1.807, 2.05) is 6.92 Å². The molecule has 0 aliphatic rings. The van der Waals surface area contributed by atoms with Crippen LogP contribution in [0.4, 0.5) is 0 Å². The van der Waals surface area contributed by atoms with Gasteiger partial charge in [-0.1, -0.05) is 6.92 Å². The molecule has 0 aliphatic heterocycles. The van der Waals surface area contributed by atoms with Gasteiger partial charge in [-0.2, -0.15) is 0 Å². The molecule has 0 atom stereocenters. The highest BCUT2D eigenvalue weighted by Gasteiger charge is 2.08. The van der Waals surface area contributed by atoms with Gasteiger partial charge in [0, 0.05) is 23.7 Å². The van der Waals surface area contributed by atoms with Crippen molar-refractivity contribution in [3.05, 3.63) is 29.6 Å². The number of rotatable bonds is 4. The molecule has 0 aliphatic carbocycles. The van der Waals surface area contributed by atoms with Crippen molar-refractivity contribution in [3.63, 3.8) is 0 Å². The number of ether oxygens (including phenoxy) is 1. The molecule has 1 aromatic rings. The normalized spacial score (nSPS) is 9.73. The average molecular weight is 206 g/mol. The molecule has 0 spiro atoms. The third kappa shape index (κ3) is 3.16. The number of pyridine rings is 1. The first-order chi connectivity index (χ1) is 7.15. The number of nitrogens with one attached hydrogen (secondary N) is 1. The quantitative estimate of drug-likeness (QED) is 0.605. The summed E-state index contributed by atoms with van der Waals surface area (Å²) in [7, 11) is 0. The predicted octanol–water partition coefficient (Wildman–Crippen LogP) is 2.04. The number of carbonyl (C=O) groups excluding carboxylic acids is 1. The van der Waals surface area contributed by atoms with Gasteiger partial charge in [0.05, 0.1) is 12.2 Å². The minimum absolute atomic E-state index is 0.382. The van der Waals surface area contributed by atoms with E-state index in [0.717, 1.165) is 6.42 Å². The SMILES string of the molecule is CCCOC(=O)c1cncc(C(C)=N)c1. The molecule has 4 nitrogen and oxygen atoms in total. The highest BCUT2D eigenvalue weighted by molar-refractivity contribution is 5.98. The first-order valence-corrected chi connectivity index (χ1v) is 4.83. The lowest BCUT2D eigenvalue weighted by atomic mass is 10.1. The van der Waals surface area contributed by atoms with E-state index in [1.54, 1.807) is 19.2 Å². The molecule has 80 valence electrons. The van der Waals surface area contributed by atoms with Gasteiger partial charge >= 0.3 is 5.97 Å². The van der Waals surface area contributed by atoms with Gasteiger partial charge in [0.25, 0.3) is 0 Å². The fourth-order valence-corrected chi connectivity index (χ4v) is 1.03. The van der Waals surface area contributed by atoms with Gasteiger partial charge in [-0.25, -0.2) is 4.79 Å². The topological polar surface area (TPSA) is 63.0 Å². The van der Waals surface area contributed by atoms with Gasteiger partial charge in [-0.05, 0) is 19.4 Å². The van der Waals surface area contributed by atoms with E-state index >= 15 is 0 Å². The molecular formula is C11H14N2O2. The molecule has 0 radical (unpaired) electrons. The van der Waals surface area contributed by atoms with Crippen molar-refractivity contribution in [1.29, 1.82) is 5.41 Å². The van der Waals surface area contributed by atoms with Crippen LogP contribution in [0.15, 0.2) is 18.5 Å². The molecule has 4 heteroatoms. The standard InChI is InChI=1S/C11H14N2O2/c1-3-4-15-11(14)10-5-9(8(2)12)6-13-7-10/h5-7,12H,3-4H2,1-2H3. The molecule has 0 saturated carbocycles. The van der Waals surface area contributed by atoms with Crippen molar-refractivity contribution in [2.24, 2.45) is 0 Å². The first-order valence-electron chi connectivity index (χ1n) is 4.83. The van der Waals surface area contributed by atoms with E-state index in [1.165, 1.54) is 6.20 Å². The van der Waals surface area contributed by atoms with Crippen LogP contribution in [0.5, 0.6) is 0 Å². The minimum Gasteiger partial charge on any atom is -0.462 e. The summed E-state index contributed by atoms with van der Waals surface area (Å²) in [6.07, 6.45) is 3.80.